The van der Waals surface area contributed by atoms with E-state index in [1.165, 1.54) is 6.92 Å². The van der Waals surface area contributed by atoms with Gasteiger partial charge in [-0.1, -0.05) is 30.3 Å². The molecule has 1 saturated heterocycles. The molecule has 1 amide bonds. The molecule has 0 bridgehead atoms. The minimum atomic E-state index is -0.995. The Balaban J connectivity index is 1.27. The monoisotopic (exact) mass is 490 g/mol. The molecule has 36 heavy (non-hydrogen) atoms. The number of hydrogen-bond donors (Lipinski definition) is 1. The predicted octanol–water partition coefficient (Wildman–Crippen LogP) is 4.17. The third kappa shape index (κ3) is 6.99. The number of benzene rings is 3. The van der Waals surface area contributed by atoms with Gasteiger partial charge in [-0.3, -0.25) is 4.79 Å². The van der Waals surface area contributed by atoms with E-state index in [0.29, 0.717) is 31.3 Å². The van der Waals surface area contributed by atoms with Gasteiger partial charge in [0.05, 0.1) is 13.2 Å². The first-order valence-corrected chi connectivity index (χ1v) is 11.9. The van der Waals surface area contributed by atoms with E-state index in [1.54, 1.807) is 24.3 Å². The second-order valence-electron chi connectivity index (χ2n) is 8.19. The summed E-state index contributed by atoms with van der Waals surface area (Å²) in [5, 5.41) is 2.79. The molecule has 1 unspecified atom stereocenters. The number of ether oxygens (including phenoxy) is 4. The van der Waals surface area contributed by atoms with Gasteiger partial charge in [0.25, 0.3) is 5.91 Å². The van der Waals surface area contributed by atoms with E-state index < -0.39 is 18.0 Å². The number of morpholine rings is 1. The average molecular weight is 491 g/mol. The second-order valence-corrected chi connectivity index (χ2v) is 8.19. The van der Waals surface area contributed by atoms with Crippen LogP contribution in [0.3, 0.4) is 0 Å². The highest BCUT2D eigenvalue weighted by Crippen LogP contribution is 2.21. The summed E-state index contributed by atoms with van der Waals surface area (Å²) in [6, 6.07) is 23.7. The number of para-hydroxylation sites is 2. The number of esters is 1. The molecule has 1 aliphatic heterocycles. The lowest BCUT2D eigenvalue weighted by molar-refractivity contribution is -0.123. The molecule has 0 aromatic heterocycles. The molecule has 188 valence electrons. The fraction of sp³-hybridized carbons (Fsp3) is 0.286. The molecular weight excluding hydrogens is 460 g/mol. The standard InChI is InChI=1S/C28H30N2O6/c1-21(27(31)29-22-11-13-23(14-12-22)30-15-17-33-18-16-30)36-28(32)25-9-5-6-10-26(25)35-20-19-34-24-7-3-2-4-8-24/h2-14,21H,15-20H2,1H3,(H,29,31). The number of amides is 1. The Hall–Kier alpha value is -4.04. The van der Waals surface area contributed by atoms with Crippen molar-refractivity contribution in [2.45, 2.75) is 13.0 Å². The van der Waals surface area contributed by atoms with E-state index in [2.05, 4.69) is 10.2 Å². The summed E-state index contributed by atoms with van der Waals surface area (Å²) in [7, 11) is 0. The first-order chi connectivity index (χ1) is 17.6. The van der Waals surface area contributed by atoms with Crippen molar-refractivity contribution in [3.8, 4) is 11.5 Å². The zero-order chi connectivity index (χ0) is 25.2. The molecular formula is C28H30N2O6. The Bertz CT molecular complexity index is 1130. The molecule has 8 nitrogen and oxygen atoms in total. The SMILES string of the molecule is CC(OC(=O)c1ccccc1OCCOc1ccccc1)C(=O)Nc1ccc(N2CCOCC2)cc1. The van der Waals surface area contributed by atoms with Crippen LogP contribution >= 0.6 is 0 Å². The van der Waals surface area contributed by atoms with Crippen LogP contribution < -0.4 is 19.7 Å². The van der Waals surface area contributed by atoms with Gasteiger partial charge in [0.15, 0.2) is 6.10 Å². The molecule has 0 spiro atoms. The summed E-state index contributed by atoms with van der Waals surface area (Å²) in [4.78, 5) is 27.6. The van der Waals surface area contributed by atoms with Crippen molar-refractivity contribution in [2.24, 2.45) is 0 Å². The van der Waals surface area contributed by atoms with Crippen LogP contribution in [0.5, 0.6) is 11.5 Å². The molecule has 1 fully saturated rings. The Kier molecular flexibility index (Phi) is 8.77. The Labute approximate surface area is 210 Å². The lowest BCUT2D eigenvalue weighted by Crippen LogP contribution is -2.36. The van der Waals surface area contributed by atoms with Gasteiger partial charge >= 0.3 is 5.97 Å². The molecule has 1 atom stereocenters. The van der Waals surface area contributed by atoms with E-state index in [-0.39, 0.29) is 12.2 Å². The van der Waals surface area contributed by atoms with Crippen LogP contribution in [0.1, 0.15) is 17.3 Å². The third-order valence-corrected chi connectivity index (χ3v) is 5.62. The number of carbonyl (C=O) groups is 2. The summed E-state index contributed by atoms with van der Waals surface area (Å²) in [5.41, 5.74) is 1.94. The number of anilines is 2. The molecule has 8 heteroatoms. The quantitative estimate of drug-likeness (QED) is 0.337. The highest BCUT2D eigenvalue weighted by Gasteiger charge is 2.22. The van der Waals surface area contributed by atoms with E-state index in [9.17, 15) is 9.59 Å². The molecule has 3 aromatic rings. The van der Waals surface area contributed by atoms with Gasteiger partial charge in [-0.05, 0) is 55.5 Å². The predicted molar refractivity (Wildman–Crippen MR) is 137 cm³/mol. The van der Waals surface area contributed by atoms with E-state index >= 15 is 0 Å². The van der Waals surface area contributed by atoms with Crippen LogP contribution in [-0.2, 0) is 14.3 Å². The van der Waals surface area contributed by atoms with Crippen LogP contribution in [0.4, 0.5) is 11.4 Å². The molecule has 3 aromatic carbocycles. The molecule has 4 rings (SSSR count). The van der Waals surface area contributed by atoms with E-state index in [4.69, 9.17) is 18.9 Å². The van der Waals surface area contributed by atoms with Gasteiger partial charge in [0.1, 0.15) is 30.3 Å². The number of rotatable bonds is 10. The summed E-state index contributed by atoms with van der Waals surface area (Å²) >= 11 is 0. The zero-order valence-electron chi connectivity index (χ0n) is 20.2. The molecule has 1 heterocycles. The lowest BCUT2D eigenvalue weighted by atomic mass is 10.2. The van der Waals surface area contributed by atoms with Crippen molar-refractivity contribution in [1.29, 1.82) is 0 Å². The van der Waals surface area contributed by atoms with Crippen molar-refractivity contribution in [3.63, 3.8) is 0 Å². The van der Waals surface area contributed by atoms with Crippen molar-refractivity contribution in [1.82, 2.24) is 0 Å². The zero-order valence-corrected chi connectivity index (χ0v) is 20.2. The summed E-state index contributed by atoms with van der Waals surface area (Å²) in [6.07, 6.45) is -0.995. The number of hydrogen-bond acceptors (Lipinski definition) is 7. The third-order valence-electron chi connectivity index (χ3n) is 5.62. The van der Waals surface area contributed by atoms with Crippen LogP contribution in [0.25, 0.3) is 0 Å². The Morgan fingerprint density at radius 3 is 2.31 bits per heavy atom. The minimum absolute atomic E-state index is 0.242. The van der Waals surface area contributed by atoms with Gasteiger partial charge in [0, 0.05) is 24.5 Å². The molecule has 1 N–H and O–H groups in total. The lowest BCUT2D eigenvalue weighted by Gasteiger charge is -2.28. The summed E-state index contributed by atoms with van der Waals surface area (Å²) in [6.45, 7) is 5.18. The first kappa shape index (κ1) is 25.1. The van der Waals surface area contributed by atoms with Gasteiger partial charge in [0.2, 0.25) is 0 Å². The molecule has 1 aliphatic rings. The van der Waals surface area contributed by atoms with Crippen LogP contribution in [-0.4, -0.2) is 57.5 Å². The normalized spacial score (nSPS) is 14.0. The highest BCUT2D eigenvalue weighted by atomic mass is 16.6. The van der Waals surface area contributed by atoms with Crippen molar-refractivity contribution >= 4 is 23.3 Å². The van der Waals surface area contributed by atoms with Crippen molar-refractivity contribution in [2.75, 3.05) is 49.7 Å². The van der Waals surface area contributed by atoms with Crippen molar-refractivity contribution in [3.05, 3.63) is 84.4 Å². The summed E-state index contributed by atoms with van der Waals surface area (Å²) in [5.74, 6) is 0.0480. The largest absolute Gasteiger partial charge is 0.490 e. The minimum Gasteiger partial charge on any atom is -0.490 e. The topological polar surface area (TPSA) is 86.3 Å². The first-order valence-electron chi connectivity index (χ1n) is 11.9. The number of carbonyl (C=O) groups excluding carboxylic acids is 2. The maximum absolute atomic E-state index is 12.8. The number of nitrogens with zero attached hydrogens (tertiary/aromatic N) is 1. The smallest absolute Gasteiger partial charge is 0.342 e. The van der Waals surface area contributed by atoms with Gasteiger partial charge in [-0.2, -0.15) is 0 Å². The van der Waals surface area contributed by atoms with Gasteiger partial charge in [-0.15, -0.1) is 0 Å². The van der Waals surface area contributed by atoms with Crippen LogP contribution in [0.15, 0.2) is 78.9 Å². The van der Waals surface area contributed by atoms with Crippen molar-refractivity contribution < 1.29 is 28.5 Å². The maximum Gasteiger partial charge on any atom is 0.342 e. The molecule has 0 radical (unpaired) electrons. The summed E-state index contributed by atoms with van der Waals surface area (Å²) < 4.78 is 22.2. The average Bonchev–Trinajstić information content (AvgIpc) is 2.92. The molecule has 0 aliphatic carbocycles. The van der Waals surface area contributed by atoms with Crippen LogP contribution in [0.2, 0.25) is 0 Å². The fourth-order valence-corrected chi connectivity index (χ4v) is 3.69. The maximum atomic E-state index is 12.8. The second kappa shape index (κ2) is 12.6. The van der Waals surface area contributed by atoms with E-state index in [0.717, 1.165) is 24.5 Å². The van der Waals surface area contributed by atoms with E-state index in [1.807, 2.05) is 54.6 Å². The van der Waals surface area contributed by atoms with Crippen LogP contribution in [0, 0.1) is 0 Å². The number of nitrogens with one attached hydrogen (secondary N) is 1. The van der Waals surface area contributed by atoms with Gasteiger partial charge in [-0.25, -0.2) is 4.79 Å². The molecule has 0 saturated carbocycles. The fourth-order valence-electron chi connectivity index (χ4n) is 3.69. The Morgan fingerprint density at radius 1 is 0.889 bits per heavy atom. The van der Waals surface area contributed by atoms with Gasteiger partial charge < -0.3 is 29.2 Å². The highest BCUT2D eigenvalue weighted by molar-refractivity contribution is 5.98. The Morgan fingerprint density at radius 2 is 1.56 bits per heavy atom.